The molecule has 5 nitrogen and oxygen atoms in total. The molecule has 0 spiro atoms. The summed E-state index contributed by atoms with van der Waals surface area (Å²) in [6.07, 6.45) is 0.759. The van der Waals surface area contributed by atoms with E-state index in [0.29, 0.717) is 25.6 Å². The predicted octanol–water partition coefficient (Wildman–Crippen LogP) is 1.74. The van der Waals surface area contributed by atoms with Gasteiger partial charge in [-0.1, -0.05) is 15.9 Å². The molecule has 0 aliphatic carbocycles. The third kappa shape index (κ3) is 3.64. The molecule has 1 saturated heterocycles. The molecule has 0 bridgehead atoms. The first-order valence-corrected chi connectivity index (χ1v) is 7.29. The number of amides is 1. The minimum Gasteiger partial charge on any atom is -0.272 e. The highest BCUT2D eigenvalue weighted by Crippen LogP contribution is 2.34. The van der Waals surface area contributed by atoms with Crippen molar-refractivity contribution in [2.75, 3.05) is 30.9 Å². The van der Waals surface area contributed by atoms with Crippen LogP contribution < -0.4 is 0 Å². The Kier molecular flexibility index (Phi) is 6.00. The number of alkyl halides is 2. The fourth-order valence-corrected chi connectivity index (χ4v) is 2.76. The van der Waals surface area contributed by atoms with Gasteiger partial charge in [-0.25, -0.2) is 5.01 Å². The molecule has 86 valence electrons. The minimum absolute atomic E-state index is 0.162. The van der Waals surface area contributed by atoms with E-state index in [1.54, 1.807) is 0 Å². The number of hydrazine groups is 1. The van der Waals surface area contributed by atoms with Crippen molar-refractivity contribution in [1.82, 2.24) is 9.79 Å². The van der Waals surface area contributed by atoms with Crippen LogP contribution >= 0.6 is 35.7 Å². The third-order valence-electron chi connectivity index (χ3n) is 1.87. The van der Waals surface area contributed by atoms with E-state index in [9.17, 15) is 9.36 Å². The Morgan fingerprint density at radius 1 is 1.67 bits per heavy atom. The molecule has 15 heavy (non-hydrogen) atoms. The molecule has 1 atom stereocenters. The summed E-state index contributed by atoms with van der Waals surface area (Å²) < 4.78 is 18.0. The highest BCUT2D eigenvalue weighted by atomic mass is 79.9. The van der Waals surface area contributed by atoms with Gasteiger partial charge in [0, 0.05) is 10.7 Å². The summed E-state index contributed by atoms with van der Waals surface area (Å²) in [5.74, 6) is 0.141. The van der Waals surface area contributed by atoms with Gasteiger partial charge in [0.1, 0.15) is 6.61 Å². The predicted molar refractivity (Wildman–Crippen MR) is 61.1 cm³/mol. The van der Waals surface area contributed by atoms with Crippen molar-refractivity contribution in [3.63, 3.8) is 0 Å². The lowest BCUT2D eigenvalue weighted by atomic mass is 10.4. The lowest BCUT2D eigenvalue weighted by Gasteiger charge is -2.26. The molecule has 1 amide bonds. The fraction of sp³-hybridized carbons (Fsp3) is 0.857. The van der Waals surface area contributed by atoms with Gasteiger partial charge in [0.25, 0.3) is 5.91 Å². The van der Waals surface area contributed by atoms with Crippen molar-refractivity contribution in [1.29, 1.82) is 0 Å². The molecule has 0 aromatic heterocycles. The fourth-order valence-electron chi connectivity index (χ4n) is 1.22. The summed E-state index contributed by atoms with van der Waals surface area (Å²) in [5.41, 5.74) is 0. The number of carbonyl (C=O) groups is 1. The zero-order valence-electron chi connectivity index (χ0n) is 8.06. The summed E-state index contributed by atoms with van der Waals surface area (Å²) in [4.78, 5) is 11.5. The van der Waals surface area contributed by atoms with Crippen LogP contribution in [0.4, 0.5) is 0 Å². The smallest absolute Gasteiger partial charge is 0.272 e. The monoisotopic (exact) mass is 317 g/mol. The molecule has 1 fully saturated rings. The number of hydrogen-bond acceptors (Lipinski definition) is 3. The molecule has 8 heteroatoms. The van der Waals surface area contributed by atoms with E-state index in [2.05, 4.69) is 15.9 Å². The second-order valence-corrected chi connectivity index (χ2v) is 4.99. The topological polar surface area (TPSA) is 49.9 Å². The van der Waals surface area contributed by atoms with Crippen LogP contribution in [0, 0.1) is 0 Å². The molecule has 1 rings (SSSR count). The van der Waals surface area contributed by atoms with E-state index in [4.69, 9.17) is 16.1 Å². The van der Waals surface area contributed by atoms with Gasteiger partial charge >= 0.3 is 8.18 Å². The molecular formula is C7H12BrClN2O3P+. The lowest BCUT2D eigenvalue weighted by molar-refractivity contribution is -0.139. The van der Waals surface area contributed by atoms with E-state index in [0.717, 1.165) is 6.42 Å². The van der Waals surface area contributed by atoms with Crippen molar-refractivity contribution in [3.05, 3.63) is 0 Å². The van der Waals surface area contributed by atoms with Gasteiger partial charge in [-0.3, -0.25) is 4.79 Å². The van der Waals surface area contributed by atoms with E-state index in [1.165, 1.54) is 9.79 Å². The minimum atomic E-state index is -1.94. The van der Waals surface area contributed by atoms with E-state index >= 15 is 0 Å². The highest BCUT2D eigenvalue weighted by Gasteiger charge is 2.40. The zero-order valence-corrected chi connectivity index (χ0v) is 11.3. The molecule has 1 aliphatic rings. The molecule has 0 aromatic rings. The Hall–Kier alpha value is 0.260. The zero-order chi connectivity index (χ0) is 11.3. The number of carbonyl (C=O) groups excluding carboxylic acids is 1. The van der Waals surface area contributed by atoms with Crippen molar-refractivity contribution in [3.8, 4) is 0 Å². The molecular weight excluding hydrogens is 306 g/mol. The molecule has 0 N–H and O–H groups in total. The highest BCUT2D eigenvalue weighted by molar-refractivity contribution is 9.09. The quantitative estimate of drug-likeness (QED) is 0.585. The largest absolute Gasteiger partial charge is 0.636 e. The van der Waals surface area contributed by atoms with Crippen LogP contribution in [0.3, 0.4) is 0 Å². The summed E-state index contributed by atoms with van der Waals surface area (Å²) in [6.45, 7) is 1.38. The van der Waals surface area contributed by atoms with Gasteiger partial charge in [0.05, 0.1) is 18.4 Å². The second kappa shape index (κ2) is 6.76. The Morgan fingerprint density at radius 3 is 2.93 bits per heavy atom. The summed E-state index contributed by atoms with van der Waals surface area (Å²) in [6, 6.07) is 0. The van der Waals surface area contributed by atoms with Gasteiger partial charge < -0.3 is 0 Å². The first-order chi connectivity index (χ1) is 7.20. The molecule has 1 aliphatic heterocycles. The number of nitrogens with zero attached hydrogens (tertiary/aromatic N) is 2. The second-order valence-electron chi connectivity index (χ2n) is 2.86. The van der Waals surface area contributed by atoms with Crippen LogP contribution in [0.2, 0.25) is 0 Å². The molecule has 1 unspecified atom stereocenters. The van der Waals surface area contributed by atoms with Gasteiger partial charge in [-0.05, 0) is 11.0 Å². The van der Waals surface area contributed by atoms with Crippen LogP contribution in [0.25, 0.3) is 0 Å². The molecule has 0 aromatic carbocycles. The molecule has 1 heterocycles. The van der Waals surface area contributed by atoms with Crippen molar-refractivity contribution >= 4 is 41.6 Å². The lowest BCUT2D eigenvalue weighted by Crippen LogP contribution is -2.46. The molecule has 0 radical (unpaired) electrons. The summed E-state index contributed by atoms with van der Waals surface area (Å²) in [5, 5.41) is 1.57. The van der Waals surface area contributed by atoms with Crippen LogP contribution in [-0.2, 0) is 13.9 Å². The van der Waals surface area contributed by atoms with Gasteiger partial charge in [0.15, 0.2) is 0 Å². The maximum absolute atomic E-state index is 11.5. The number of rotatable bonds is 4. The Morgan fingerprint density at radius 2 is 2.40 bits per heavy atom. The van der Waals surface area contributed by atoms with Crippen molar-refractivity contribution < 1.29 is 13.9 Å². The van der Waals surface area contributed by atoms with Crippen molar-refractivity contribution in [2.24, 2.45) is 0 Å². The average Bonchev–Trinajstić information content (AvgIpc) is 2.26. The maximum atomic E-state index is 11.5. The van der Waals surface area contributed by atoms with Gasteiger partial charge in [-0.2, -0.15) is 0 Å². The van der Waals surface area contributed by atoms with Crippen LogP contribution in [0.15, 0.2) is 0 Å². The number of hydrogen-bond donors (Lipinski definition) is 0. The maximum Gasteiger partial charge on any atom is 0.636 e. The SMILES string of the molecule is O=C(CBr)N(CCCl)N1CCCO[P+]1=O. The van der Waals surface area contributed by atoms with Crippen molar-refractivity contribution in [2.45, 2.75) is 6.42 Å². The van der Waals surface area contributed by atoms with E-state index < -0.39 is 8.18 Å². The van der Waals surface area contributed by atoms with Crippen LogP contribution in [0.1, 0.15) is 6.42 Å². The normalized spacial score (nSPS) is 20.3. The van der Waals surface area contributed by atoms with Gasteiger partial charge in [0.2, 0.25) is 0 Å². The Labute approximate surface area is 103 Å². The van der Waals surface area contributed by atoms with E-state index in [1.807, 2.05) is 0 Å². The van der Waals surface area contributed by atoms with Crippen LogP contribution in [-0.4, -0.2) is 46.6 Å². The Bertz CT molecular complexity index is 256. The first-order valence-electron chi connectivity index (χ1n) is 4.50. The first kappa shape index (κ1) is 13.3. The summed E-state index contributed by atoms with van der Waals surface area (Å²) in [7, 11) is -1.94. The Balaban J connectivity index is 2.68. The van der Waals surface area contributed by atoms with Gasteiger partial charge in [-0.15, -0.1) is 16.1 Å². The third-order valence-corrected chi connectivity index (χ3v) is 3.71. The summed E-state index contributed by atoms with van der Waals surface area (Å²) >= 11 is 8.67. The standard InChI is InChI=1S/C7H12BrClN2O3P/c8-6-7(12)10(4-2-9)11-3-1-5-14-15(11)13/h1-6H2/q+1. The van der Waals surface area contributed by atoms with Crippen LogP contribution in [0.5, 0.6) is 0 Å². The number of halogens is 2. The van der Waals surface area contributed by atoms with E-state index in [-0.39, 0.29) is 11.2 Å². The molecule has 0 saturated carbocycles. The average molecular weight is 319 g/mol.